The van der Waals surface area contributed by atoms with Crippen LogP contribution in [0.5, 0.6) is 0 Å². The molecule has 0 aliphatic heterocycles. The Kier molecular flexibility index (Phi) is 3.15. The topological polar surface area (TPSA) is 80.9 Å². The molecule has 3 N–H and O–H groups in total. The predicted molar refractivity (Wildman–Crippen MR) is 83.6 cm³/mol. The van der Waals surface area contributed by atoms with Gasteiger partial charge in [0.2, 0.25) is 0 Å². The van der Waals surface area contributed by atoms with E-state index in [2.05, 4.69) is 15.3 Å². The smallest absolute Gasteiger partial charge is 0.267 e. The van der Waals surface area contributed by atoms with Crippen molar-refractivity contribution < 1.29 is 4.79 Å². The number of hydrogen-bond acceptors (Lipinski definition) is 6. The number of carbonyl (C=O) groups excluding carboxylic acids is 1. The van der Waals surface area contributed by atoms with E-state index in [1.807, 2.05) is 25.1 Å². The minimum Gasteiger partial charge on any atom is -0.375 e. The van der Waals surface area contributed by atoms with E-state index in [0.29, 0.717) is 15.7 Å². The summed E-state index contributed by atoms with van der Waals surface area (Å²) in [4.78, 5) is 21.2. The number of hydrogen-bond donors (Lipinski definition) is 2. The summed E-state index contributed by atoms with van der Waals surface area (Å²) in [5.41, 5.74) is 7.96. The van der Waals surface area contributed by atoms with Gasteiger partial charge in [0.15, 0.2) is 5.13 Å². The van der Waals surface area contributed by atoms with Crippen molar-refractivity contribution in [2.75, 3.05) is 11.1 Å². The number of anilines is 2. The molecule has 2 aromatic heterocycles. The van der Waals surface area contributed by atoms with E-state index in [4.69, 9.17) is 5.73 Å². The summed E-state index contributed by atoms with van der Waals surface area (Å²) in [5.74, 6) is -0.183. The van der Waals surface area contributed by atoms with Gasteiger partial charge in [-0.3, -0.25) is 4.79 Å². The molecule has 20 heavy (non-hydrogen) atoms. The van der Waals surface area contributed by atoms with Gasteiger partial charge in [-0.05, 0) is 32.0 Å². The average molecular weight is 304 g/mol. The largest absolute Gasteiger partial charge is 0.375 e. The highest BCUT2D eigenvalue weighted by atomic mass is 32.1. The van der Waals surface area contributed by atoms with Gasteiger partial charge in [-0.1, -0.05) is 11.3 Å². The zero-order valence-electron chi connectivity index (χ0n) is 10.9. The number of rotatable bonds is 2. The van der Waals surface area contributed by atoms with Crippen molar-refractivity contribution in [1.29, 1.82) is 0 Å². The minimum atomic E-state index is -0.183. The van der Waals surface area contributed by atoms with Gasteiger partial charge in [-0.2, -0.15) is 0 Å². The number of aryl methyl sites for hydroxylation is 2. The molecule has 0 saturated heterocycles. The first-order chi connectivity index (χ1) is 9.52. The summed E-state index contributed by atoms with van der Waals surface area (Å²) in [7, 11) is 0. The van der Waals surface area contributed by atoms with Crippen molar-refractivity contribution in [2.45, 2.75) is 13.8 Å². The lowest BCUT2D eigenvalue weighted by Crippen LogP contribution is -2.11. The normalized spacial score (nSPS) is 10.9. The van der Waals surface area contributed by atoms with Crippen molar-refractivity contribution in [1.82, 2.24) is 9.97 Å². The van der Waals surface area contributed by atoms with Crippen LogP contribution in [-0.2, 0) is 0 Å². The number of nitrogens with zero attached hydrogens (tertiary/aromatic N) is 2. The lowest BCUT2D eigenvalue weighted by Gasteiger charge is -2.03. The molecule has 0 aliphatic carbocycles. The van der Waals surface area contributed by atoms with Crippen molar-refractivity contribution >= 4 is 49.6 Å². The van der Waals surface area contributed by atoms with Gasteiger partial charge in [0.05, 0.1) is 20.9 Å². The van der Waals surface area contributed by atoms with E-state index in [9.17, 15) is 4.79 Å². The lowest BCUT2D eigenvalue weighted by atomic mass is 10.3. The fourth-order valence-corrected chi connectivity index (χ4v) is 3.53. The number of nitrogen functional groups attached to an aromatic ring is 1. The van der Waals surface area contributed by atoms with Crippen LogP contribution < -0.4 is 11.1 Å². The molecule has 1 amide bonds. The Morgan fingerprint density at radius 2 is 2.05 bits per heavy atom. The molecule has 5 nitrogen and oxygen atoms in total. The van der Waals surface area contributed by atoms with E-state index in [0.717, 1.165) is 20.9 Å². The molecule has 7 heteroatoms. The first-order valence-corrected chi connectivity index (χ1v) is 7.57. The quantitative estimate of drug-likeness (QED) is 0.762. The van der Waals surface area contributed by atoms with Crippen molar-refractivity contribution in [3.05, 3.63) is 33.8 Å². The van der Waals surface area contributed by atoms with Crippen LogP contribution in [0.25, 0.3) is 10.2 Å². The Labute approximate surface area is 123 Å². The maximum atomic E-state index is 12.2. The Morgan fingerprint density at radius 3 is 2.75 bits per heavy atom. The van der Waals surface area contributed by atoms with E-state index in [-0.39, 0.29) is 5.91 Å². The second-order valence-corrected chi connectivity index (χ2v) is 6.60. The molecule has 0 fully saturated rings. The number of amides is 1. The molecule has 0 radical (unpaired) electrons. The van der Waals surface area contributed by atoms with Crippen LogP contribution in [0.3, 0.4) is 0 Å². The Balaban J connectivity index is 1.88. The Morgan fingerprint density at radius 1 is 1.25 bits per heavy atom. The Bertz CT molecular complexity index is 806. The molecule has 3 aromatic rings. The van der Waals surface area contributed by atoms with Crippen LogP contribution in [0.4, 0.5) is 10.8 Å². The first-order valence-electron chi connectivity index (χ1n) is 5.94. The van der Waals surface area contributed by atoms with Crippen molar-refractivity contribution in [3.63, 3.8) is 0 Å². The Hall–Kier alpha value is -1.99. The summed E-state index contributed by atoms with van der Waals surface area (Å²) in [6, 6.07) is 5.68. The zero-order valence-corrected chi connectivity index (χ0v) is 12.6. The highest BCUT2D eigenvalue weighted by Crippen LogP contribution is 2.26. The molecule has 0 atom stereocenters. The fraction of sp³-hybridized carbons (Fsp3) is 0.154. The van der Waals surface area contributed by atoms with Crippen LogP contribution in [0, 0.1) is 13.8 Å². The van der Waals surface area contributed by atoms with E-state index in [1.54, 1.807) is 18.3 Å². The van der Waals surface area contributed by atoms with Gasteiger partial charge in [0.25, 0.3) is 5.91 Å². The first kappa shape index (κ1) is 13.0. The summed E-state index contributed by atoms with van der Waals surface area (Å²) in [6.45, 7) is 3.74. The number of nitrogens with two attached hydrogens (primary N) is 1. The molecule has 0 spiro atoms. The molecular formula is C13H12N4OS2. The molecule has 2 heterocycles. The third kappa shape index (κ3) is 2.37. The lowest BCUT2D eigenvalue weighted by molar-refractivity contribution is 0.103. The number of nitrogens with one attached hydrogen (secondary N) is 1. The molecule has 0 aliphatic rings. The zero-order chi connectivity index (χ0) is 14.3. The maximum absolute atomic E-state index is 12.2. The maximum Gasteiger partial charge on any atom is 0.267 e. The second-order valence-electron chi connectivity index (χ2n) is 4.34. The van der Waals surface area contributed by atoms with Gasteiger partial charge in [-0.25, -0.2) is 9.97 Å². The van der Waals surface area contributed by atoms with Gasteiger partial charge in [-0.15, -0.1) is 11.3 Å². The summed E-state index contributed by atoms with van der Waals surface area (Å²) >= 11 is 2.80. The molecule has 3 rings (SSSR count). The number of benzene rings is 1. The molecule has 0 saturated carbocycles. The molecule has 1 aromatic carbocycles. The number of carbonyl (C=O) groups is 1. The standard InChI is InChI=1S/C13H12N4OS2/c1-6-11(20-13(14)15-6)12(18)17-8-3-4-9-10(5-8)19-7(2)16-9/h3-5H,1-2H3,(H2,14,15)(H,17,18). The van der Waals surface area contributed by atoms with Gasteiger partial charge in [0, 0.05) is 5.69 Å². The fourth-order valence-electron chi connectivity index (χ4n) is 1.93. The highest BCUT2D eigenvalue weighted by Gasteiger charge is 2.14. The molecular weight excluding hydrogens is 292 g/mol. The van der Waals surface area contributed by atoms with Gasteiger partial charge < -0.3 is 11.1 Å². The monoisotopic (exact) mass is 304 g/mol. The van der Waals surface area contributed by atoms with Crippen LogP contribution >= 0.6 is 22.7 Å². The average Bonchev–Trinajstić information content (AvgIpc) is 2.90. The third-order valence-electron chi connectivity index (χ3n) is 2.77. The van der Waals surface area contributed by atoms with E-state index >= 15 is 0 Å². The summed E-state index contributed by atoms with van der Waals surface area (Å²) in [6.07, 6.45) is 0. The predicted octanol–water partition coefficient (Wildman–Crippen LogP) is 3.20. The van der Waals surface area contributed by atoms with Crippen molar-refractivity contribution in [2.24, 2.45) is 0 Å². The number of thiazole rings is 2. The van der Waals surface area contributed by atoms with Crippen molar-refractivity contribution in [3.8, 4) is 0 Å². The number of aromatic nitrogens is 2. The molecule has 0 unspecified atom stereocenters. The van der Waals surface area contributed by atoms with E-state index in [1.165, 1.54) is 11.3 Å². The summed E-state index contributed by atoms with van der Waals surface area (Å²) in [5, 5.41) is 4.28. The van der Waals surface area contributed by atoms with Gasteiger partial charge >= 0.3 is 0 Å². The van der Waals surface area contributed by atoms with Gasteiger partial charge in [0.1, 0.15) is 4.88 Å². The SMILES string of the molecule is Cc1nc2ccc(NC(=O)c3sc(N)nc3C)cc2s1. The third-order valence-corrected chi connectivity index (χ3v) is 4.69. The second kappa shape index (κ2) is 4.84. The minimum absolute atomic E-state index is 0.183. The molecule has 102 valence electrons. The summed E-state index contributed by atoms with van der Waals surface area (Å²) < 4.78 is 1.06. The van der Waals surface area contributed by atoms with Crippen LogP contribution in [0.1, 0.15) is 20.4 Å². The molecule has 0 bridgehead atoms. The van der Waals surface area contributed by atoms with Crippen LogP contribution in [-0.4, -0.2) is 15.9 Å². The van der Waals surface area contributed by atoms with E-state index < -0.39 is 0 Å². The van der Waals surface area contributed by atoms with Crippen LogP contribution in [0.2, 0.25) is 0 Å². The number of fused-ring (bicyclic) bond motifs is 1. The highest BCUT2D eigenvalue weighted by molar-refractivity contribution is 7.18. The van der Waals surface area contributed by atoms with Crippen LogP contribution in [0.15, 0.2) is 18.2 Å².